The molecular formula is C13H29OP. The van der Waals surface area contributed by atoms with E-state index in [4.69, 9.17) is 4.74 Å². The van der Waals surface area contributed by atoms with Crippen LogP contribution in [0.15, 0.2) is 0 Å². The van der Waals surface area contributed by atoms with Gasteiger partial charge in [-0.2, -0.15) is 0 Å². The first-order valence-corrected chi connectivity index (χ1v) is 7.44. The predicted molar refractivity (Wildman–Crippen MR) is 72.3 cm³/mol. The van der Waals surface area contributed by atoms with E-state index in [2.05, 4.69) is 23.1 Å². The van der Waals surface area contributed by atoms with Gasteiger partial charge in [0.15, 0.2) is 0 Å². The second kappa shape index (κ2) is 12.5. The Kier molecular flexibility index (Phi) is 12.8. The van der Waals surface area contributed by atoms with E-state index in [9.17, 15) is 0 Å². The Bertz CT molecular complexity index is 117. The van der Waals surface area contributed by atoms with E-state index in [1.54, 1.807) is 0 Å². The quantitative estimate of drug-likeness (QED) is 0.373. The van der Waals surface area contributed by atoms with Crippen LogP contribution < -0.4 is 0 Å². The molecule has 0 aliphatic carbocycles. The first-order chi connectivity index (χ1) is 7.35. The average Bonchev–Trinajstić information content (AvgIpc) is 2.27. The second-order valence-electron chi connectivity index (χ2n) is 4.37. The van der Waals surface area contributed by atoms with Crippen LogP contribution in [0.4, 0.5) is 0 Å². The molecule has 0 heterocycles. The highest BCUT2D eigenvalue weighted by Gasteiger charge is 2.05. The van der Waals surface area contributed by atoms with Crippen LogP contribution >= 0.6 is 9.24 Å². The molecule has 92 valence electrons. The lowest BCUT2D eigenvalue weighted by molar-refractivity contribution is 0.131. The van der Waals surface area contributed by atoms with E-state index in [0.717, 1.165) is 18.9 Å². The minimum atomic E-state index is 0.785. The van der Waals surface area contributed by atoms with Gasteiger partial charge in [0.25, 0.3) is 0 Å². The summed E-state index contributed by atoms with van der Waals surface area (Å²) >= 11 is 0. The van der Waals surface area contributed by atoms with Crippen molar-refractivity contribution in [1.82, 2.24) is 0 Å². The third-order valence-corrected chi connectivity index (χ3v) is 3.25. The molecule has 0 aromatic carbocycles. The van der Waals surface area contributed by atoms with Gasteiger partial charge in [0.1, 0.15) is 0 Å². The molecule has 0 saturated carbocycles. The molecule has 0 spiro atoms. The Morgan fingerprint density at radius 2 is 1.67 bits per heavy atom. The van der Waals surface area contributed by atoms with Gasteiger partial charge in [0.2, 0.25) is 0 Å². The van der Waals surface area contributed by atoms with E-state index in [-0.39, 0.29) is 0 Å². The molecule has 0 N–H and O–H groups in total. The summed E-state index contributed by atoms with van der Waals surface area (Å²) in [4.78, 5) is 0. The van der Waals surface area contributed by atoms with Gasteiger partial charge in [-0.3, -0.25) is 0 Å². The number of unbranched alkanes of at least 4 members (excludes halogenated alkanes) is 5. The van der Waals surface area contributed by atoms with Crippen molar-refractivity contribution < 1.29 is 4.74 Å². The molecule has 0 aliphatic rings. The monoisotopic (exact) mass is 232 g/mol. The van der Waals surface area contributed by atoms with Crippen LogP contribution in [0.3, 0.4) is 0 Å². The molecule has 1 nitrogen and oxygen atoms in total. The fourth-order valence-corrected chi connectivity index (χ4v) is 1.99. The zero-order chi connectivity index (χ0) is 11.4. The van der Waals surface area contributed by atoms with E-state index in [1.807, 2.05) is 0 Å². The Hall–Kier alpha value is 0.390. The van der Waals surface area contributed by atoms with Crippen molar-refractivity contribution in [3.8, 4) is 0 Å². The summed E-state index contributed by atoms with van der Waals surface area (Å²) in [5, 5.41) is 0. The van der Waals surface area contributed by atoms with Gasteiger partial charge in [-0.1, -0.05) is 58.8 Å². The molecule has 0 aromatic heterocycles. The summed E-state index contributed by atoms with van der Waals surface area (Å²) in [6.45, 7) is 5.50. The Morgan fingerprint density at radius 3 is 2.27 bits per heavy atom. The van der Waals surface area contributed by atoms with Crippen molar-refractivity contribution in [2.24, 2.45) is 5.92 Å². The molecule has 0 amide bonds. The zero-order valence-electron chi connectivity index (χ0n) is 10.6. The van der Waals surface area contributed by atoms with E-state index in [1.165, 1.54) is 51.4 Å². The SMILES string of the molecule is CCCCCCCCC(CC)COCP. The van der Waals surface area contributed by atoms with Crippen molar-refractivity contribution in [1.29, 1.82) is 0 Å². The third kappa shape index (κ3) is 10.7. The standard InChI is InChI=1S/C13H29OP/c1-3-5-6-7-8-9-10-13(4-2)11-14-12-15/h13H,3-12,15H2,1-2H3. The Labute approximate surface area is 98.6 Å². The predicted octanol–water partition coefficient (Wildman–Crippen LogP) is 4.61. The van der Waals surface area contributed by atoms with E-state index >= 15 is 0 Å². The van der Waals surface area contributed by atoms with Crippen LogP contribution in [0.5, 0.6) is 0 Å². The lowest BCUT2D eigenvalue weighted by atomic mass is 9.99. The van der Waals surface area contributed by atoms with E-state index in [0.29, 0.717) is 0 Å². The lowest BCUT2D eigenvalue weighted by Crippen LogP contribution is -2.07. The largest absolute Gasteiger partial charge is 0.377 e. The lowest BCUT2D eigenvalue weighted by Gasteiger charge is -2.14. The van der Waals surface area contributed by atoms with Crippen molar-refractivity contribution >= 4 is 9.24 Å². The van der Waals surface area contributed by atoms with Gasteiger partial charge >= 0.3 is 0 Å². The van der Waals surface area contributed by atoms with Gasteiger partial charge in [0, 0.05) is 6.61 Å². The van der Waals surface area contributed by atoms with Crippen LogP contribution in [0.2, 0.25) is 0 Å². The molecule has 0 fully saturated rings. The molecule has 0 radical (unpaired) electrons. The van der Waals surface area contributed by atoms with Gasteiger partial charge in [-0.25, -0.2) is 0 Å². The topological polar surface area (TPSA) is 9.23 Å². The fraction of sp³-hybridized carbons (Fsp3) is 1.00. The normalized spacial score (nSPS) is 13.0. The summed E-state index contributed by atoms with van der Waals surface area (Å²) in [5.41, 5.74) is 0. The smallest absolute Gasteiger partial charge is 0.0602 e. The highest BCUT2D eigenvalue weighted by Crippen LogP contribution is 2.15. The maximum absolute atomic E-state index is 5.45. The minimum absolute atomic E-state index is 0.785. The van der Waals surface area contributed by atoms with E-state index < -0.39 is 0 Å². The first kappa shape index (κ1) is 15.4. The van der Waals surface area contributed by atoms with Crippen molar-refractivity contribution in [2.45, 2.75) is 65.2 Å². The van der Waals surface area contributed by atoms with Gasteiger partial charge in [-0.05, 0) is 12.3 Å². The van der Waals surface area contributed by atoms with Crippen molar-refractivity contribution in [3.05, 3.63) is 0 Å². The molecule has 2 heteroatoms. The summed E-state index contributed by atoms with van der Waals surface area (Å²) in [6, 6.07) is 0. The number of ether oxygens (including phenoxy) is 1. The summed E-state index contributed by atoms with van der Waals surface area (Å²) < 4.78 is 5.45. The summed E-state index contributed by atoms with van der Waals surface area (Å²) in [7, 11) is 2.62. The van der Waals surface area contributed by atoms with Crippen molar-refractivity contribution in [3.63, 3.8) is 0 Å². The number of rotatable bonds is 11. The molecular weight excluding hydrogens is 203 g/mol. The van der Waals surface area contributed by atoms with Crippen molar-refractivity contribution in [2.75, 3.05) is 13.0 Å². The highest BCUT2D eigenvalue weighted by molar-refractivity contribution is 7.16. The maximum Gasteiger partial charge on any atom is 0.0602 e. The maximum atomic E-state index is 5.45. The molecule has 0 aromatic rings. The molecule has 0 bridgehead atoms. The molecule has 0 saturated heterocycles. The summed E-state index contributed by atoms with van der Waals surface area (Å²) in [5.74, 6) is 0.789. The molecule has 2 unspecified atom stereocenters. The van der Waals surface area contributed by atoms with Gasteiger partial charge in [-0.15, -0.1) is 9.24 Å². The number of hydrogen-bond acceptors (Lipinski definition) is 1. The van der Waals surface area contributed by atoms with Crippen LogP contribution in [0.25, 0.3) is 0 Å². The van der Waals surface area contributed by atoms with Crippen LogP contribution in [-0.2, 0) is 4.74 Å². The van der Waals surface area contributed by atoms with Crippen LogP contribution in [0, 0.1) is 5.92 Å². The molecule has 15 heavy (non-hydrogen) atoms. The van der Waals surface area contributed by atoms with Crippen LogP contribution in [-0.4, -0.2) is 13.0 Å². The molecule has 0 aliphatic heterocycles. The molecule has 2 atom stereocenters. The third-order valence-electron chi connectivity index (χ3n) is 3.01. The minimum Gasteiger partial charge on any atom is -0.377 e. The Morgan fingerprint density at radius 1 is 1.00 bits per heavy atom. The second-order valence-corrected chi connectivity index (χ2v) is 4.70. The average molecular weight is 232 g/mol. The summed E-state index contributed by atoms with van der Waals surface area (Å²) in [6.07, 6.45) is 11.8. The Balaban J connectivity index is 3.22. The molecule has 0 rings (SSSR count). The first-order valence-electron chi connectivity index (χ1n) is 6.62. The van der Waals surface area contributed by atoms with Crippen LogP contribution in [0.1, 0.15) is 65.2 Å². The highest BCUT2D eigenvalue weighted by atomic mass is 31.0. The zero-order valence-corrected chi connectivity index (χ0v) is 11.8. The van der Waals surface area contributed by atoms with Gasteiger partial charge < -0.3 is 4.74 Å². The van der Waals surface area contributed by atoms with Gasteiger partial charge in [0.05, 0.1) is 6.35 Å². The number of hydrogen-bond donors (Lipinski definition) is 0. The fourth-order valence-electron chi connectivity index (χ4n) is 1.85.